The number of pyridine rings is 1. The molecule has 0 saturated carbocycles. The number of nitrogens with two attached hydrogens (primary N) is 1. The molecule has 0 saturated heterocycles. The Kier molecular flexibility index (Phi) is 5.21. The number of nitrogen functional groups attached to an aromatic ring is 1. The summed E-state index contributed by atoms with van der Waals surface area (Å²) >= 11 is 0. The fourth-order valence-electron chi connectivity index (χ4n) is 2.85. The first-order valence-corrected chi connectivity index (χ1v) is 8.37. The number of aryl methyl sites for hydroxylation is 3. The molecule has 0 aliphatic heterocycles. The Labute approximate surface area is 151 Å². The van der Waals surface area contributed by atoms with Crippen molar-refractivity contribution < 1.29 is 8.78 Å². The average Bonchev–Trinajstić information content (AvgIpc) is 2.62. The number of hydrogen-bond acceptors (Lipinski definition) is 4. The molecule has 2 heterocycles. The molecule has 0 unspecified atom stereocenters. The quantitative estimate of drug-likeness (QED) is 0.735. The van der Waals surface area contributed by atoms with E-state index in [1.807, 2.05) is 38.1 Å². The van der Waals surface area contributed by atoms with Crippen molar-refractivity contribution in [2.75, 3.05) is 5.73 Å². The first-order chi connectivity index (χ1) is 12.4. The number of anilines is 1. The third kappa shape index (κ3) is 4.02. The highest BCUT2D eigenvalue weighted by atomic mass is 19.3. The Morgan fingerprint density at radius 3 is 2.62 bits per heavy atom. The first kappa shape index (κ1) is 17.9. The highest BCUT2D eigenvalue weighted by Gasteiger charge is 2.11. The standard InChI is InChI=1S/C20H20F2N4/c1-12-4-3-5-16(13(12)2)17-11-15(25-20(23)26-17)7-6-14-8-9-24-18(10-14)19(21)22/h3-5,8-11,19H,6-7H2,1-2H3,(H2,23,25,26). The first-order valence-electron chi connectivity index (χ1n) is 8.37. The summed E-state index contributed by atoms with van der Waals surface area (Å²) in [6.07, 6.45) is -0.00455. The van der Waals surface area contributed by atoms with Crippen molar-refractivity contribution in [1.82, 2.24) is 15.0 Å². The van der Waals surface area contributed by atoms with E-state index in [0.29, 0.717) is 12.8 Å². The van der Waals surface area contributed by atoms with E-state index < -0.39 is 6.43 Å². The maximum Gasteiger partial charge on any atom is 0.280 e. The molecule has 6 heteroatoms. The minimum absolute atomic E-state index is 0.208. The monoisotopic (exact) mass is 354 g/mol. The van der Waals surface area contributed by atoms with Crippen molar-refractivity contribution in [1.29, 1.82) is 0 Å². The van der Waals surface area contributed by atoms with Crippen LogP contribution in [0.1, 0.15) is 34.5 Å². The topological polar surface area (TPSA) is 64.7 Å². The largest absolute Gasteiger partial charge is 0.368 e. The molecule has 0 aliphatic carbocycles. The number of benzene rings is 1. The van der Waals surface area contributed by atoms with Gasteiger partial charge in [-0.15, -0.1) is 0 Å². The normalized spacial score (nSPS) is 11.1. The number of aromatic nitrogens is 3. The molecule has 0 spiro atoms. The van der Waals surface area contributed by atoms with Gasteiger partial charge in [-0.1, -0.05) is 18.2 Å². The Morgan fingerprint density at radius 1 is 1.04 bits per heavy atom. The number of halogens is 2. The second-order valence-corrected chi connectivity index (χ2v) is 6.24. The molecule has 0 fully saturated rings. The lowest BCUT2D eigenvalue weighted by atomic mass is 10.00. The number of hydrogen-bond donors (Lipinski definition) is 1. The van der Waals surface area contributed by atoms with Crippen LogP contribution in [-0.2, 0) is 12.8 Å². The maximum atomic E-state index is 12.8. The van der Waals surface area contributed by atoms with Gasteiger partial charge in [0.25, 0.3) is 6.43 Å². The van der Waals surface area contributed by atoms with Crippen LogP contribution in [-0.4, -0.2) is 15.0 Å². The van der Waals surface area contributed by atoms with Crippen molar-refractivity contribution in [3.8, 4) is 11.3 Å². The Bertz CT molecular complexity index is 925. The van der Waals surface area contributed by atoms with Gasteiger partial charge in [-0.05, 0) is 61.6 Å². The lowest BCUT2D eigenvalue weighted by molar-refractivity contribution is 0.146. The van der Waals surface area contributed by atoms with Gasteiger partial charge in [-0.2, -0.15) is 0 Å². The molecule has 0 aliphatic rings. The van der Waals surface area contributed by atoms with Gasteiger partial charge in [0.05, 0.1) is 5.69 Å². The molecule has 0 amide bonds. The highest BCUT2D eigenvalue weighted by Crippen LogP contribution is 2.25. The lowest BCUT2D eigenvalue weighted by Gasteiger charge is -2.10. The summed E-state index contributed by atoms with van der Waals surface area (Å²) in [5, 5.41) is 0. The fourth-order valence-corrected chi connectivity index (χ4v) is 2.85. The summed E-state index contributed by atoms with van der Waals surface area (Å²) < 4.78 is 25.5. The average molecular weight is 354 g/mol. The minimum Gasteiger partial charge on any atom is -0.368 e. The van der Waals surface area contributed by atoms with Gasteiger partial charge in [0.15, 0.2) is 0 Å². The van der Waals surface area contributed by atoms with Crippen LogP contribution in [0.25, 0.3) is 11.3 Å². The predicted molar refractivity (Wildman–Crippen MR) is 98.0 cm³/mol. The van der Waals surface area contributed by atoms with Crippen LogP contribution in [0.5, 0.6) is 0 Å². The summed E-state index contributed by atoms with van der Waals surface area (Å²) in [4.78, 5) is 12.3. The predicted octanol–water partition coefficient (Wildman–Crippen LogP) is 4.46. The Morgan fingerprint density at radius 2 is 1.85 bits per heavy atom. The lowest BCUT2D eigenvalue weighted by Crippen LogP contribution is -2.03. The minimum atomic E-state index is -2.57. The van der Waals surface area contributed by atoms with E-state index in [4.69, 9.17) is 5.73 Å². The van der Waals surface area contributed by atoms with E-state index >= 15 is 0 Å². The number of alkyl halides is 2. The molecule has 0 bridgehead atoms. The van der Waals surface area contributed by atoms with Crippen molar-refractivity contribution in [2.45, 2.75) is 33.1 Å². The van der Waals surface area contributed by atoms with Gasteiger partial charge in [0, 0.05) is 17.5 Å². The van der Waals surface area contributed by atoms with Gasteiger partial charge in [-0.25, -0.2) is 18.7 Å². The fraction of sp³-hybridized carbons (Fsp3) is 0.250. The van der Waals surface area contributed by atoms with Gasteiger partial charge in [0.2, 0.25) is 5.95 Å². The Balaban J connectivity index is 1.84. The van der Waals surface area contributed by atoms with E-state index in [-0.39, 0.29) is 11.6 Å². The van der Waals surface area contributed by atoms with Gasteiger partial charge in [0.1, 0.15) is 5.69 Å². The van der Waals surface area contributed by atoms with Crippen LogP contribution >= 0.6 is 0 Å². The van der Waals surface area contributed by atoms with Gasteiger partial charge < -0.3 is 5.73 Å². The molecule has 134 valence electrons. The van der Waals surface area contributed by atoms with Crippen LogP contribution in [0.3, 0.4) is 0 Å². The van der Waals surface area contributed by atoms with Gasteiger partial charge in [-0.3, -0.25) is 4.98 Å². The molecule has 0 radical (unpaired) electrons. The molecular weight excluding hydrogens is 334 g/mol. The summed E-state index contributed by atoms with van der Waals surface area (Å²) in [6.45, 7) is 4.10. The maximum absolute atomic E-state index is 12.8. The summed E-state index contributed by atoms with van der Waals surface area (Å²) in [5.74, 6) is 0.210. The second kappa shape index (κ2) is 7.56. The highest BCUT2D eigenvalue weighted by molar-refractivity contribution is 5.66. The molecule has 2 N–H and O–H groups in total. The van der Waals surface area contributed by atoms with Gasteiger partial charge >= 0.3 is 0 Å². The Hall–Kier alpha value is -2.89. The van der Waals surface area contributed by atoms with E-state index in [0.717, 1.165) is 28.1 Å². The van der Waals surface area contributed by atoms with Crippen LogP contribution in [0, 0.1) is 13.8 Å². The molecule has 1 aromatic carbocycles. The molecule has 2 aromatic heterocycles. The van der Waals surface area contributed by atoms with E-state index in [1.54, 1.807) is 6.07 Å². The zero-order valence-electron chi connectivity index (χ0n) is 14.7. The summed E-state index contributed by atoms with van der Waals surface area (Å²) in [6, 6.07) is 11.1. The number of nitrogens with zero attached hydrogens (tertiary/aromatic N) is 3. The van der Waals surface area contributed by atoms with E-state index in [9.17, 15) is 8.78 Å². The zero-order valence-corrected chi connectivity index (χ0v) is 14.7. The van der Waals surface area contributed by atoms with E-state index in [2.05, 4.69) is 15.0 Å². The van der Waals surface area contributed by atoms with Crippen molar-refractivity contribution >= 4 is 5.95 Å². The SMILES string of the molecule is Cc1cccc(-c2cc(CCc3ccnc(C(F)F)c3)nc(N)n2)c1C. The smallest absolute Gasteiger partial charge is 0.280 e. The molecule has 26 heavy (non-hydrogen) atoms. The van der Waals surface area contributed by atoms with Crippen LogP contribution in [0.15, 0.2) is 42.6 Å². The van der Waals surface area contributed by atoms with Crippen molar-refractivity contribution in [2.24, 2.45) is 0 Å². The van der Waals surface area contributed by atoms with Crippen molar-refractivity contribution in [3.63, 3.8) is 0 Å². The van der Waals surface area contributed by atoms with E-state index in [1.165, 1.54) is 17.8 Å². The van der Waals surface area contributed by atoms with Crippen LogP contribution < -0.4 is 5.73 Å². The molecule has 4 nitrogen and oxygen atoms in total. The third-order valence-corrected chi connectivity index (χ3v) is 4.42. The molecule has 3 rings (SSSR count). The van der Waals surface area contributed by atoms with Crippen molar-refractivity contribution in [3.05, 3.63) is 70.7 Å². The molecule has 3 aromatic rings. The third-order valence-electron chi connectivity index (χ3n) is 4.42. The summed E-state index contributed by atoms with van der Waals surface area (Å²) in [5.41, 5.74) is 11.4. The molecular formula is C20H20F2N4. The summed E-state index contributed by atoms with van der Waals surface area (Å²) in [7, 11) is 0. The zero-order chi connectivity index (χ0) is 18.7. The molecule has 0 atom stereocenters. The second-order valence-electron chi connectivity index (χ2n) is 6.24. The number of rotatable bonds is 5. The van der Waals surface area contributed by atoms with Crippen LogP contribution in [0.2, 0.25) is 0 Å². The van der Waals surface area contributed by atoms with Crippen LogP contribution in [0.4, 0.5) is 14.7 Å².